The smallest absolute Gasteiger partial charge is 0.338 e. The molecule has 0 saturated heterocycles. The Kier molecular flexibility index (Phi) is 8.39. The Hall–Kier alpha value is -3.47. The molecule has 7 nitrogen and oxygen atoms in total. The normalized spacial score (nSPS) is 14.9. The fourth-order valence-corrected chi connectivity index (χ4v) is 7.12. The van der Waals surface area contributed by atoms with Crippen LogP contribution in [0.25, 0.3) is 11.8 Å². The van der Waals surface area contributed by atoms with E-state index >= 15 is 0 Å². The number of aromatic nitrogens is 1. The fraction of sp³-hybridized carbons (Fsp3) is 0.167. The lowest BCUT2D eigenvalue weighted by Crippen LogP contribution is -2.40. The molecule has 40 heavy (non-hydrogen) atoms. The predicted octanol–water partition coefficient (Wildman–Crippen LogP) is 5.48. The van der Waals surface area contributed by atoms with Crippen LogP contribution < -0.4 is 24.4 Å². The summed E-state index contributed by atoms with van der Waals surface area (Å²) < 4.78 is 19.9. The van der Waals surface area contributed by atoms with Crippen LogP contribution in [0.5, 0.6) is 11.5 Å². The summed E-state index contributed by atoms with van der Waals surface area (Å²) >= 11 is 8.32. The molecule has 0 radical (unpaired) electrons. The second-order valence-corrected chi connectivity index (χ2v) is 11.4. The molecule has 1 aliphatic rings. The minimum Gasteiger partial charge on any atom is -0.497 e. The summed E-state index contributed by atoms with van der Waals surface area (Å²) in [7, 11) is 3.17. The van der Waals surface area contributed by atoms with Crippen molar-refractivity contribution in [1.29, 1.82) is 0 Å². The fourth-order valence-electron chi connectivity index (χ4n) is 4.58. The van der Waals surface area contributed by atoms with Crippen molar-refractivity contribution in [3.05, 3.63) is 118 Å². The van der Waals surface area contributed by atoms with Gasteiger partial charge in [-0.15, -0.1) is 0 Å². The van der Waals surface area contributed by atoms with E-state index in [4.69, 9.17) is 19.2 Å². The van der Waals surface area contributed by atoms with Gasteiger partial charge in [-0.2, -0.15) is 0 Å². The van der Waals surface area contributed by atoms with Gasteiger partial charge >= 0.3 is 5.97 Å². The highest BCUT2D eigenvalue weighted by molar-refractivity contribution is 9.11. The number of hydrogen-bond donors (Lipinski definition) is 0. The van der Waals surface area contributed by atoms with Crippen molar-refractivity contribution in [3.8, 4) is 11.5 Å². The molecule has 1 aliphatic heterocycles. The Bertz CT molecular complexity index is 1790. The molecule has 0 amide bonds. The molecule has 1 atom stereocenters. The number of carbonyl (C=O) groups excluding carboxylic acids is 1. The first-order valence-electron chi connectivity index (χ1n) is 12.3. The number of halogens is 2. The molecule has 1 aromatic heterocycles. The monoisotopic (exact) mass is 682 g/mol. The van der Waals surface area contributed by atoms with Crippen molar-refractivity contribution in [1.82, 2.24) is 4.57 Å². The number of hydrogen-bond acceptors (Lipinski definition) is 7. The van der Waals surface area contributed by atoms with Crippen LogP contribution in [0.2, 0.25) is 0 Å². The highest BCUT2D eigenvalue weighted by Crippen LogP contribution is 2.37. The van der Waals surface area contributed by atoms with Crippen LogP contribution in [0, 0.1) is 0 Å². The highest BCUT2D eigenvalue weighted by atomic mass is 79.9. The van der Waals surface area contributed by atoms with Crippen molar-refractivity contribution in [3.63, 3.8) is 0 Å². The zero-order valence-electron chi connectivity index (χ0n) is 21.8. The third-order valence-electron chi connectivity index (χ3n) is 6.31. The van der Waals surface area contributed by atoms with Crippen molar-refractivity contribution in [2.45, 2.75) is 13.0 Å². The van der Waals surface area contributed by atoms with E-state index in [2.05, 4.69) is 31.9 Å². The first-order valence-corrected chi connectivity index (χ1v) is 14.7. The van der Waals surface area contributed by atoms with Gasteiger partial charge in [0.25, 0.3) is 5.56 Å². The van der Waals surface area contributed by atoms with Crippen LogP contribution >= 0.6 is 43.2 Å². The molecule has 0 fully saturated rings. The maximum atomic E-state index is 14.0. The van der Waals surface area contributed by atoms with Crippen LogP contribution in [-0.2, 0) is 9.53 Å². The van der Waals surface area contributed by atoms with Gasteiger partial charge in [-0.3, -0.25) is 9.36 Å². The van der Waals surface area contributed by atoms with Crippen LogP contribution in [0.3, 0.4) is 0 Å². The minimum absolute atomic E-state index is 0.181. The van der Waals surface area contributed by atoms with E-state index < -0.39 is 12.0 Å². The Morgan fingerprint density at radius 3 is 2.40 bits per heavy atom. The molecule has 0 bridgehead atoms. The Morgan fingerprint density at radius 2 is 1.75 bits per heavy atom. The van der Waals surface area contributed by atoms with Gasteiger partial charge in [-0.05, 0) is 80.3 Å². The summed E-state index contributed by atoms with van der Waals surface area (Å²) in [6, 6.07) is 19.8. The molecular weight excluding hydrogens is 660 g/mol. The zero-order chi connectivity index (χ0) is 28.4. The second-order valence-electron chi connectivity index (χ2n) is 8.73. The number of fused-ring (bicyclic) bond motifs is 1. The SMILES string of the molecule is CCOC(=O)C1=C(c2ccccc2)N=c2s/c(=C\c3cc(Br)c(OC)c(Br)c3)c(=O)n2[C@@H]1c1cccc(OC)c1. The number of ether oxygens (including phenoxy) is 3. The number of rotatable bonds is 7. The lowest BCUT2D eigenvalue weighted by Gasteiger charge is -2.26. The highest BCUT2D eigenvalue weighted by Gasteiger charge is 2.35. The maximum absolute atomic E-state index is 14.0. The number of thiazole rings is 1. The van der Waals surface area contributed by atoms with Gasteiger partial charge < -0.3 is 14.2 Å². The van der Waals surface area contributed by atoms with Crippen LogP contribution in [-0.4, -0.2) is 31.4 Å². The lowest BCUT2D eigenvalue weighted by atomic mass is 9.93. The average molecular weight is 684 g/mol. The molecule has 0 aliphatic carbocycles. The topological polar surface area (TPSA) is 79.1 Å². The zero-order valence-corrected chi connectivity index (χ0v) is 25.8. The first-order chi connectivity index (χ1) is 19.4. The molecule has 2 heterocycles. The number of methoxy groups -OCH3 is 2. The molecule has 5 rings (SSSR count). The molecule has 0 spiro atoms. The number of benzene rings is 3. The number of esters is 1. The van der Waals surface area contributed by atoms with Gasteiger partial charge in [0.15, 0.2) is 4.80 Å². The second kappa shape index (κ2) is 12.0. The summed E-state index contributed by atoms with van der Waals surface area (Å²) in [4.78, 5) is 33.0. The van der Waals surface area contributed by atoms with E-state index in [0.29, 0.717) is 32.1 Å². The largest absolute Gasteiger partial charge is 0.497 e. The summed E-state index contributed by atoms with van der Waals surface area (Å²) in [5, 5.41) is 0. The predicted molar refractivity (Wildman–Crippen MR) is 162 cm³/mol. The van der Waals surface area contributed by atoms with Crippen LogP contribution in [0.4, 0.5) is 0 Å². The molecule has 3 aromatic carbocycles. The number of carbonyl (C=O) groups is 1. The third-order valence-corrected chi connectivity index (χ3v) is 8.47. The van der Waals surface area contributed by atoms with Crippen molar-refractivity contribution in [2.24, 2.45) is 4.99 Å². The maximum Gasteiger partial charge on any atom is 0.338 e. The molecular formula is C30H24Br2N2O5S. The third kappa shape index (κ3) is 5.31. The molecule has 4 aromatic rings. The van der Waals surface area contributed by atoms with Crippen molar-refractivity contribution < 1.29 is 19.0 Å². The van der Waals surface area contributed by atoms with Gasteiger partial charge in [0.2, 0.25) is 0 Å². The summed E-state index contributed by atoms with van der Waals surface area (Å²) in [6.45, 7) is 1.93. The number of nitrogens with zero attached hydrogens (tertiary/aromatic N) is 2. The summed E-state index contributed by atoms with van der Waals surface area (Å²) in [6.07, 6.45) is 1.80. The van der Waals surface area contributed by atoms with Crippen molar-refractivity contribution >= 4 is 60.9 Å². The first kappa shape index (κ1) is 28.1. The molecule has 10 heteroatoms. The Morgan fingerprint density at radius 1 is 1.02 bits per heavy atom. The van der Waals surface area contributed by atoms with Gasteiger partial charge in [0.1, 0.15) is 11.5 Å². The standard InChI is InChI=1S/C30H24Br2N2O5S/c1-4-39-29(36)24-25(18-9-6-5-7-10-18)33-30-34(26(24)19-11-8-12-20(16-19)37-2)28(35)23(40-30)15-17-13-21(31)27(38-3)22(32)14-17/h5-16,26H,4H2,1-3H3/b23-15-/t26-/m1/s1. The van der Waals surface area contributed by atoms with Crippen molar-refractivity contribution in [2.75, 3.05) is 20.8 Å². The van der Waals surface area contributed by atoms with Gasteiger partial charge in [0.05, 0.1) is 51.6 Å². The van der Waals surface area contributed by atoms with E-state index in [-0.39, 0.29) is 17.7 Å². The van der Waals surface area contributed by atoms with Crippen LogP contribution in [0.1, 0.15) is 29.7 Å². The quantitative estimate of drug-likeness (QED) is 0.241. The van der Waals surface area contributed by atoms with E-state index in [1.54, 1.807) is 31.8 Å². The van der Waals surface area contributed by atoms with Gasteiger partial charge in [-0.1, -0.05) is 53.8 Å². The Balaban J connectivity index is 1.82. The van der Waals surface area contributed by atoms with E-state index in [0.717, 1.165) is 20.1 Å². The van der Waals surface area contributed by atoms with Gasteiger partial charge in [0, 0.05) is 5.56 Å². The lowest BCUT2D eigenvalue weighted by molar-refractivity contribution is -0.138. The molecule has 0 N–H and O–H groups in total. The average Bonchev–Trinajstić information content (AvgIpc) is 3.26. The van der Waals surface area contributed by atoms with E-state index in [9.17, 15) is 9.59 Å². The van der Waals surface area contributed by atoms with Crippen LogP contribution in [0.15, 0.2) is 91.0 Å². The van der Waals surface area contributed by atoms with E-state index in [1.165, 1.54) is 11.3 Å². The van der Waals surface area contributed by atoms with Gasteiger partial charge in [-0.25, -0.2) is 9.79 Å². The van der Waals surface area contributed by atoms with E-state index in [1.807, 2.05) is 66.7 Å². The molecule has 204 valence electrons. The molecule has 0 saturated carbocycles. The minimum atomic E-state index is -0.780. The summed E-state index contributed by atoms with van der Waals surface area (Å²) in [5.74, 6) is 0.729. The summed E-state index contributed by atoms with van der Waals surface area (Å²) in [5.41, 5.74) is 2.72. The molecule has 0 unspecified atom stereocenters. The Labute approximate surface area is 251 Å².